The highest BCUT2D eigenvalue weighted by Crippen LogP contribution is 2.54. The molecule has 11 heteroatoms. The van der Waals surface area contributed by atoms with Crippen LogP contribution in [0.3, 0.4) is 0 Å². The molecule has 1 N–H and O–H groups in total. The summed E-state index contributed by atoms with van der Waals surface area (Å²) in [5.74, 6) is 1.40. The predicted octanol–water partition coefficient (Wildman–Crippen LogP) is 5.51. The van der Waals surface area contributed by atoms with Gasteiger partial charge in [-0.15, -0.1) is 10.2 Å². The van der Waals surface area contributed by atoms with Crippen molar-refractivity contribution in [1.82, 2.24) is 14.8 Å². The molecule has 2 aromatic carbocycles. The van der Waals surface area contributed by atoms with Crippen molar-refractivity contribution in [3.05, 3.63) is 74.0 Å². The molecule has 2 atom stereocenters. The number of nitrogens with zero attached hydrogens (tertiary/aromatic N) is 4. The molecular weight excluding hydrogens is 473 g/mol. The van der Waals surface area contributed by atoms with E-state index in [-0.39, 0.29) is 22.4 Å². The Labute approximate surface area is 198 Å². The zero-order valence-corrected chi connectivity index (χ0v) is 19.3. The lowest BCUT2D eigenvalue weighted by Gasteiger charge is -2.08. The van der Waals surface area contributed by atoms with Gasteiger partial charge in [-0.2, -0.15) is 0 Å². The maximum Gasteiger partial charge on any atom is 0.289 e. The molecular formula is C21H19Cl2N5O3S. The number of nitrogens with one attached hydrogen (secondary N) is 1. The van der Waals surface area contributed by atoms with Crippen LogP contribution in [0.2, 0.25) is 10.0 Å². The number of hydrogen-bond acceptors (Lipinski definition) is 6. The molecule has 0 bridgehead atoms. The molecule has 0 saturated heterocycles. The summed E-state index contributed by atoms with van der Waals surface area (Å²) >= 11 is 13.1. The fourth-order valence-corrected chi connectivity index (χ4v) is 4.72. The van der Waals surface area contributed by atoms with Gasteiger partial charge in [0.1, 0.15) is 10.8 Å². The molecule has 1 amide bonds. The molecule has 1 aromatic heterocycles. The third kappa shape index (κ3) is 4.90. The largest absolute Gasteiger partial charge is 0.325 e. The Morgan fingerprint density at radius 1 is 1.22 bits per heavy atom. The molecule has 1 aliphatic carbocycles. The summed E-state index contributed by atoms with van der Waals surface area (Å²) in [4.78, 5) is 22.8. The second-order valence-electron chi connectivity index (χ2n) is 7.35. The van der Waals surface area contributed by atoms with Crippen LogP contribution in [0.4, 0.5) is 11.4 Å². The number of carbonyl (C=O) groups excluding carboxylic acids is 1. The number of benzene rings is 2. The summed E-state index contributed by atoms with van der Waals surface area (Å²) in [7, 11) is 0. The lowest BCUT2D eigenvalue weighted by atomic mass is 10.1. The van der Waals surface area contributed by atoms with Crippen molar-refractivity contribution < 1.29 is 9.72 Å². The van der Waals surface area contributed by atoms with Gasteiger partial charge in [0.05, 0.1) is 10.7 Å². The molecule has 8 nitrogen and oxygen atoms in total. The lowest BCUT2D eigenvalue weighted by molar-refractivity contribution is -0.384. The van der Waals surface area contributed by atoms with Crippen molar-refractivity contribution in [3.8, 4) is 0 Å². The highest BCUT2D eigenvalue weighted by atomic mass is 35.5. The fourth-order valence-electron chi connectivity index (χ4n) is 3.59. The Morgan fingerprint density at radius 2 is 1.97 bits per heavy atom. The van der Waals surface area contributed by atoms with E-state index < -0.39 is 4.92 Å². The molecule has 0 spiro atoms. The van der Waals surface area contributed by atoms with Crippen molar-refractivity contribution in [2.75, 3.05) is 11.1 Å². The molecule has 1 fully saturated rings. The molecule has 1 heterocycles. The Hall–Kier alpha value is -2.62. The first-order valence-electron chi connectivity index (χ1n) is 9.92. The smallest absolute Gasteiger partial charge is 0.289 e. The van der Waals surface area contributed by atoms with Gasteiger partial charge < -0.3 is 9.88 Å². The number of anilines is 1. The van der Waals surface area contributed by atoms with Gasteiger partial charge >= 0.3 is 0 Å². The molecule has 3 aromatic rings. The number of rotatable bonds is 8. The number of hydrogen-bond donors (Lipinski definition) is 1. The van der Waals surface area contributed by atoms with Crippen LogP contribution >= 0.6 is 35.0 Å². The van der Waals surface area contributed by atoms with Crippen LogP contribution in [-0.4, -0.2) is 31.3 Å². The third-order valence-electron chi connectivity index (χ3n) is 5.24. The third-order valence-corrected chi connectivity index (χ3v) is 6.78. The van der Waals surface area contributed by atoms with Gasteiger partial charge in [-0.25, -0.2) is 0 Å². The molecule has 0 aliphatic heterocycles. The topological polar surface area (TPSA) is 103 Å². The number of aromatic nitrogens is 3. The Kier molecular flexibility index (Phi) is 6.68. The number of halogens is 2. The van der Waals surface area contributed by atoms with E-state index in [9.17, 15) is 14.9 Å². The van der Waals surface area contributed by atoms with Crippen LogP contribution in [-0.2, 0) is 11.3 Å². The van der Waals surface area contributed by atoms with Crippen molar-refractivity contribution >= 4 is 52.2 Å². The van der Waals surface area contributed by atoms with Crippen molar-refractivity contribution in [3.63, 3.8) is 0 Å². The van der Waals surface area contributed by atoms with Crippen molar-refractivity contribution in [2.24, 2.45) is 0 Å². The van der Waals surface area contributed by atoms with E-state index in [0.717, 1.165) is 12.2 Å². The van der Waals surface area contributed by atoms with Crippen LogP contribution in [0.25, 0.3) is 0 Å². The molecule has 0 unspecified atom stereocenters. The van der Waals surface area contributed by atoms with Gasteiger partial charge in [0.15, 0.2) is 5.16 Å². The molecule has 4 rings (SSSR count). The minimum atomic E-state index is -0.590. The molecule has 0 radical (unpaired) electrons. The van der Waals surface area contributed by atoms with Gasteiger partial charge in [-0.1, -0.05) is 47.1 Å². The number of carbonyl (C=O) groups is 1. The van der Waals surface area contributed by atoms with Gasteiger partial charge in [0.25, 0.3) is 5.69 Å². The zero-order valence-electron chi connectivity index (χ0n) is 17.0. The van der Waals surface area contributed by atoms with Gasteiger partial charge in [-0.05, 0) is 49.1 Å². The first kappa shape index (κ1) is 22.6. The van der Waals surface area contributed by atoms with Gasteiger partial charge in [-0.3, -0.25) is 14.9 Å². The predicted molar refractivity (Wildman–Crippen MR) is 125 cm³/mol. The van der Waals surface area contributed by atoms with Crippen molar-refractivity contribution in [2.45, 2.75) is 36.9 Å². The quantitative estimate of drug-likeness (QED) is 0.253. The second kappa shape index (κ2) is 9.48. The number of nitro groups is 1. The van der Waals surface area contributed by atoms with Crippen LogP contribution in [0, 0.1) is 10.1 Å². The van der Waals surface area contributed by atoms with Crippen molar-refractivity contribution in [1.29, 1.82) is 0 Å². The summed E-state index contributed by atoms with van der Waals surface area (Å²) in [6.07, 6.45) is 1.00. The van der Waals surface area contributed by atoms with E-state index >= 15 is 0 Å². The highest BCUT2D eigenvalue weighted by molar-refractivity contribution is 7.99. The maximum absolute atomic E-state index is 12.4. The van der Waals surface area contributed by atoms with E-state index in [1.807, 2.05) is 35.8 Å². The monoisotopic (exact) mass is 491 g/mol. The maximum atomic E-state index is 12.4. The number of amides is 1. The Bertz CT molecular complexity index is 1170. The summed E-state index contributed by atoms with van der Waals surface area (Å²) in [6.45, 7) is 2.71. The molecule has 1 aliphatic rings. The summed E-state index contributed by atoms with van der Waals surface area (Å²) < 4.78 is 2.03. The summed E-state index contributed by atoms with van der Waals surface area (Å²) in [6, 6.07) is 12.0. The standard InChI is InChI=1S/C21H19Cl2N5O3S/c1-2-27-20(16-10-15(16)12-3-5-13(22)6-4-12)25-26-21(27)32-11-19(29)24-14-7-8-17(23)18(9-14)28(30)31/h3-9,15-16H,2,10-11H2,1H3,(H,24,29)/t15-,16+/m1/s1. The van der Waals surface area contributed by atoms with Crippen LogP contribution in [0.15, 0.2) is 47.6 Å². The normalized spacial score (nSPS) is 17.2. The Balaban J connectivity index is 1.39. The van der Waals surface area contributed by atoms with E-state index in [0.29, 0.717) is 34.2 Å². The minimum Gasteiger partial charge on any atom is -0.325 e. The van der Waals surface area contributed by atoms with E-state index in [1.54, 1.807) is 0 Å². The van der Waals surface area contributed by atoms with E-state index in [1.165, 1.54) is 35.5 Å². The van der Waals surface area contributed by atoms with Gasteiger partial charge in [0.2, 0.25) is 5.91 Å². The van der Waals surface area contributed by atoms with Crippen LogP contribution in [0.5, 0.6) is 0 Å². The van der Waals surface area contributed by atoms with Crippen LogP contribution < -0.4 is 5.32 Å². The van der Waals surface area contributed by atoms with Crippen LogP contribution in [0.1, 0.15) is 36.6 Å². The average molecular weight is 492 g/mol. The molecule has 1 saturated carbocycles. The number of nitro benzene ring substituents is 1. The SMILES string of the molecule is CCn1c(SCC(=O)Nc2ccc(Cl)c([N+](=O)[O-])c2)nnc1[C@H]1C[C@@H]1c1ccc(Cl)cc1. The first-order chi connectivity index (χ1) is 15.4. The minimum absolute atomic E-state index is 0.0166. The fraction of sp³-hybridized carbons (Fsp3) is 0.286. The zero-order chi connectivity index (χ0) is 22.8. The lowest BCUT2D eigenvalue weighted by Crippen LogP contribution is -2.15. The van der Waals surface area contributed by atoms with Gasteiger partial charge in [0, 0.05) is 29.2 Å². The second-order valence-corrected chi connectivity index (χ2v) is 9.13. The summed E-state index contributed by atoms with van der Waals surface area (Å²) in [5.41, 5.74) is 1.29. The highest BCUT2D eigenvalue weighted by Gasteiger charge is 2.43. The first-order valence-corrected chi connectivity index (χ1v) is 11.7. The Morgan fingerprint density at radius 3 is 2.66 bits per heavy atom. The van der Waals surface area contributed by atoms with E-state index in [4.69, 9.17) is 23.2 Å². The summed E-state index contributed by atoms with van der Waals surface area (Å²) in [5, 5.41) is 23.7. The average Bonchev–Trinajstić information content (AvgIpc) is 3.45. The van der Waals surface area contributed by atoms with E-state index in [2.05, 4.69) is 15.5 Å². The molecule has 166 valence electrons. The molecule has 32 heavy (non-hydrogen) atoms. The number of thioether (sulfide) groups is 1.